The third kappa shape index (κ3) is 5.40. The lowest BCUT2D eigenvalue weighted by molar-refractivity contribution is -0.137. The van der Waals surface area contributed by atoms with Gasteiger partial charge in [0.15, 0.2) is 5.16 Å². The number of aliphatic carboxylic acids is 1. The van der Waals surface area contributed by atoms with Gasteiger partial charge in [0.05, 0.1) is 11.0 Å². The zero-order valence-corrected chi connectivity index (χ0v) is 19.1. The number of thioether (sulfide) groups is 1. The molecule has 1 unspecified atom stereocenters. The van der Waals surface area contributed by atoms with Gasteiger partial charge in [0.1, 0.15) is 6.54 Å². The van der Waals surface area contributed by atoms with Crippen molar-refractivity contribution in [1.29, 1.82) is 0 Å². The van der Waals surface area contributed by atoms with E-state index in [0.29, 0.717) is 24.0 Å². The molecular formula is C23H25N3O4S2. The van der Waals surface area contributed by atoms with Crippen LogP contribution in [0.15, 0.2) is 65.2 Å². The van der Waals surface area contributed by atoms with E-state index in [2.05, 4.69) is 4.98 Å². The Balaban J connectivity index is 1.44. The van der Waals surface area contributed by atoms with Crippen LogP contribution in [-0.2, 0) is 21.4 Å². The Morgan fingerprint density at radius 1 is 1.16 bits per heavy atom. The van der Waals surface area contributed by atoms with Crippen molar-refractivity contribution in [3.8, 4) is 0 Å². The smallest absolute Gasteiger partial charge is 0.323 e. The first kappa shape index (κ1) is 22.6. The van der Waals surface area contributed by atoms with Gasteiger partial charge in [-0.3, -0.25) is 4.79 Å². The average Bonchev–Trinajstić information content (AvgIpc) is 3.14. The van der Waals surface area contributed by atoms with Crippen molar-refractivity contribution in [1.82, 2.24) is 13.9 Å². The summed E-state index contributed by atoms with van der Waals surface area (Å²) in [5.41, 5.74) is 2.39. The summed E-state index contributed by atoms with van der Waals surface area (Å²) >= 11 is 1.49. The largest absolute Gasteiger partial charge is 0.480 e. The van der Waals surface area contributed by atoms with Crippen LogP contribution in [0.3, 0.4) is 0 Å². The van der Waals surface area contributed by atoms with Crippen molar-refractivity contribution in [2.45, 2.75) is 24.5 Å². The van der Waals surface area contributed by atoms with Gasteiger partial charge in [-0.15, -0.1) is 0 Å². The fourth-order valence-corrected chi connectivity index (χ4v) is 6.29. The molecule has 1 saturated heterocycles. The average molecular weight is 472 g/mol. The molecular weight excluding hydrogens is 446 g/mol. The lowest BCUT2D eigenvalue weighted by Crippen LogP contribution is -2.39. The van der Waals surface area contributed by atoms with Gasteiger partial charge in [-0.05, 0) is 42.5 Å². The Hall–Kier alpha value is -2.62. The molecule has 1 atom stereocenters. The van der Waals surface area contributed by atoms with Gasteiger partial charge < -0.3 is 9.67 Å². The first-order valence-corrected chi connectivity index (χ1v) is 12.9. The van der Waals surface area contributed by atoms with Gasteiger partial charge in [-0.2, -0.15) is 4.31 Å². The summed E-state index contributed by atoms with van der Waals surface area (Å²) in [6.07, 6.45) is 3.36. The molecule has 0 amide bonds. The lowest BCUT2D eigenvalue weighted by Gasteiger charge is -2.30. The number of carboxylic acids is 1. The number of hydrogen-bond donors (Lipinski definition) is 1. The molecule has 0 radical (unpaired) electrons. The molecule has 9 heteroatoms. The molecule has 2 heterocycles. The maximum Gasteiger partial charge on any atom is 0.323 e. The SMILES string of the molecule is O=C(O)Cn1c(SCC2CCCN(S(=O)(=O)C=Cc3ccccc3)C2)nc2ccccc21. The van der Waals surface area contributed by atoms with E-state index >= 15 is 0 Å². The molecule has 1 fully saturated rings. The highest BCUT2D eigenvalue weighted by Crippen LogP contribution is 2.29. The molecule has 1 aromatic heterocycles. The van der Waals surface area contributed by atoms with E-state index in [-0.39, 0.29) is 12.5 Å². The normalized spacial score (nSPS) is 17.8. The molecule has 32 heavy (non-hydrogen) atoms. The van der Waals surface area contributed by atoms with Crippen LogP contribution in [0.5, 0.6) is 0 Å². The second kappa shape index (κ2) is 9.89. The van der Waals surface area contributed by atoms with Crippen molar-refractivity contribution in [3.05, 3.63) is 65.6 Å². The molecule has 2 aromatic carbocycles. The molecule has 0 saturated carbocycles. The fourth-order valence-electron chi connectivity index (χ4n) is 3.85. The van der Waals surface area contributed by atoms with E-state index in [4.69, 9.17) is 0 Å². The van der Waals surface area contributed by atoms with Gasteiger partial charge in [0.25, 0.3) is 0 Å². The van der Waals surface area contributed by atoms with Crippen LogP contribution in [0.25, 0.3) is 17.1 Å². The van der Waals surface area contributed by atoms with Gasteiger partial charge in [0.2, 0.25) is 10.0 Å². The van der Waals surface area contributed by atoms with Crippen molar-refractivity contribution < 1.29 is 18.3 Å². The summed E-state index contributed by atoms with van der Waals surface area (Å²) in [6, 6.07) is 16.8. The Labute approximate surface area is 191 Å². The number of imidazole rings is 1. The van der Waals surface area contributed by atoms with E-state index in [1.54, 1.807) is 14.9 Å². The fraction of sp³-hybridized carbons (Fsp3) is 0.304. The number of rotatable bonds is 8. The number of sulfonamides is 1. The number of fused-ring (bicyclic) bond motifs is 1. The molecule has 0 aliphatic carbocycles. The number of nitrogens with zero attached hydrogens (tertiary/aromatic N) is 3. The molecule has 1 aliphatic rings. The molecule has 7 nitrogen and oxygen atoms in total. The quantitative estimate of drug-likeness (QED) is 0.501. The van der Waals surface area contributed by atoms with E-state index < -0.39 is 16.0 Å². The summed E-state index contributed by atoms with van der Waals surface area (Å²) in [6.45, 7) is 0.812. The van der Waals surface area contributed by atoms with Crippen molar-refractivity contribution in [2.24, 2.45) is 5.92 Å². The van der Waals surface area contributed by atoms with Gasteiger partial charge in [-0.1, -0.05) is 54.2 Å². The Bertz CT molecular complexity index is 1220. The molecule has 0 bridgehead atoms. The van der Waals surface area contributed by atoms with Crippen molar-refractivity contribution >= 4 is 44.9 Å². The second-order valence-corrected chi connectivity index (χ2v) is 10.6. The Morgan fingerprint density at radius 2 is 1.91 bits per heavy atom. The summed E-state index contributed by atoms with van der Waals surface area (Å²) < 4.78 is 28.9. The topological polar surface area (TPSA) is 92.5 Å². The highest BCUT2D eigenvalue weighted by atomic mass is 32.2. The minimum atomic E-state index is -3.50. The standard InChI is InChI=1S/C23H25N3O4S2/c27-22(28)16-26-21-11-5-4-10-20(21)24-23(26)31-17-19-9-6-13-25(15-19)32(29,30)14-12-18-7-2-1-3-8-18/h1-5,7-8,10-12,14,19H,6,9,13,15-17H2,(H,27,28). The van der Waals surface area contributed by atoms with Crippen LogP contribution in [0, 0.1) is 5.92 Å². The maximum atomic E-state index is 12.8. The Morgan fingerprint density at radius 3 is 2.69 bits per heavy atom. The van der Waals surface area contributed by atoms with Crippen molar-refractivity contribution in [3.63, 3.8) is 0 Å². The predicted molar refractivity (Wildman–Crippen MR) is 127 cm³/mol. The van der Waals surface area contributed by atoms with Crippen LogP contribution in [0.2, 0.25) is 0 Å². The van der Waals surface area contributed by atoms with Crippen LogP contribution in [0.4, 0.5) is 0 Å². The number of para-hydroxylation sites is 2. The molecule has 168 valence electrons. The maximum absolute atomic E-state index is 12.8. The number of piperidine rings is 1. The summed E-state index contributed by atoms with van der Waals surface area (Å²) in [7, 11) is -3.50. The number of benzene rings is 2. The Kier molecular flexibility index (Phi) is 6.98. The predicted octanol–water partition coefficient (Wildman–Crippen LogP) is 3.93. The van der Waals surface area contributed by atoms with Gasteiger partial charge >= 0.3 is 5.97 Å². The minimum Gasteiger partial charge on any atom is -0.480 e. The van der Waals surface area contributed by atoms with Crippen LogP contribution < -0.4 is 0 Å². The first-order valence-electron chi connectivity index (χ1n) is 10.5. The van der Waals surface area contributed by atoms with Crippen LogP contribution in [-0.4, -0.2) is 52.2 Å². The monoisotopic (exact) mass is 471 g/mol. The molecule has 1 aliphatic heterocycles. The van der Waals surface area contributed by atoms with E-state index in [1.165, 1.54) is 17.2 Å². The highest BCUT2D eigenvalue weighted by molar-refractivity contribution is 7.99. The summed E-state index contributed by atoms with van der Waals surface area (Å²) in [5.74, 6) is -0.0703. The first-order chi connectivity index (χ1) is 15.4. The third-order valence-corrected chi connectivity index (χ3v) is 8.17. The highest BCUT2D eigenvalue weighted by Gasteiger charge is 2.28. The molecule has 0 spiro atoms. The van der Waals surface area contributed by atoms with Crippen LogP contribution in [0.1, 0.15) is 18.4 Å². The van der Waals surface area contributed by atoms with Gasteiger partial charge in [-0.25, -0.2) is 13.4 Å². The zero-order valence-electron chi connectivity index (χ0n) is 17.5. The summed E-state index contributed by atoms with van der Waals surface area (Å²) in [5, 5.41) is 11.2. The van der Waals surface area contributed by atoms with Gasteiger partial charge in [0, 0.05) is 24.3 Å². The second-order valence-electron chi connectivity index (χ2n) is 7.80. The molecule has 3 aromatic rings. The third-order valence-electron chi connectivity index (χ3n) is 5.43. The summed E-state index contributed by atoms with van der Waals surface area (Å²) in [4.78, 5) is 15.9. The van der Waals surface area contributed by atoms with E-state index in [9.17, 15) is 18.3 Å². The minimum absolute atomic E-state index is 0.154. The molecule has 4 rings (SSSR count). The number of hydrogen-bond acceptors (Lipinski definition) is 5. The van der Waals surface area contributed by atoms with Crippen LogP contribution >= 0.6 is 11.8 Å². The number of aromatic nitrogens is 2. The molecule has 1 N–H and O–H groups in total. The van der Waals surface area contributed by atoms with E-state index in [0.717, 1.165) is 29.4 Å². The zero-order chi connectivity index (χ0) is 22.6. The lowest BCUT2D eigenvalue weighted by atomic mass is 10.0. The number of carbonyl (C=O) groups is 1. The number of carboxylic acid groups (broad SMARTS) is 1. The van der Waals surface area contributed by atoms with Crippen molar-refractivity contribution in [2.75, 3.05) is 18.8 Å². The van der Waals surface area contributed by atoms with E-state index in [1.807, 2.05) is 54.6 Å².